The van der Waals surface area contributed by atoms with Crippen molar-refractivity contribution in [2.45, 2.75) is 32.2 Å². The summed E-state index contributed by atoms with van der Waals surface area (Å²) in [6.45, 7) is 3.58. The smallest absolute Gasteiger partial charge is 0.253 e. The molecule has 0 bridgehead atoms. The molecule has 1 aromatic rings. The number of amides is 2. The molecule has 20 heavy (non-hydrogen) atoms. The predicted octanol–water partition coefficient (Wildman–Crippen LogP) is 2.50. The Labute approximate surface area is 121 Å². The second-order valence-electron chi connectivity index (χ2n) is 4.82. The van der Waals surface area contributed by atoms with Gasteiger partial charge in [0.15, 0.2) is 0 Å². The van der Waals surface area contributed by atoms with Crippen LogP contribution < -0.4 is 10.2 Å². The molecule has 1 aromatic carbocycles. The minimum atomic E-state index is -0.910. The van der Waals surface area contributed by atoms with Crippen molar-refractivity contribution in [1.29, 1.82) is 0 Å². The molecular weight excluding hydrogens is 283 g/mol. The fourth-order valence-electron chi connectivity index (χ4n) is 2.46. The lowest BCUT2D eigenvalue weighted by Gasteiger charge is -2.41. The zero-order valence-corrected chi connectivity index (χ0v) is 12.1. The van der Waals surface area contributed by atoms with Crippen molar-refractivity contribution in [2.24, 2.45) is 0 Å². The number of rotatable bonds is 3. The first-order valence-corrected chi connectivity index (χ1v) is 6.89. The summed E-state index contributed by atoms with van der Waals surface area (Å²) in [6.07, 6.45) is 0.979. The number of carbonyl (C=O) groups is 2. The summed E-state index contributed by atoms with van der Waals surface area (Å²) in [7, 11) is 0. The molecule has 4 nitrogen and oxygen atoms in total. The molecule has 1 aliphatic heterocycles. The van der Waals surface area contributed by atoms with Crippen LogP contribution in [0.4, 0.5) is 10.1 Å². The Morgan fingerprint density at radius 1 is 1.35 bits per heavy atom. The molecule has 0 aliphatic carbocycles. The van der Waals surface area contributed by atoms with Crippen molar-refractivity contribution in [1.82, 2.24) is 5.32 Å². The Morgan fingerprint density at radius 2 is 2.00 bits per heavy atom. The highest BCUT2D eigenvalue weighted by molar-refractivity contribution is 6.34. The molecule has 0 atom stereocenters. The number of piperazine rings is 1. The van der Waals surface area contributed by atoms with E-state index in [9.17, 15) is 14.0 Å². The molecule has 1 N–H and O–H groups in total. The van der Waals surface area contributed by atoms with E-state index >= 15 is 0 Å². The van der Waals surface area contributed by atoms with Crippen LogP contribution in [0.5, 0.6) is 0 Å². The molecule has 0 aromatic heterocycles. The lowest BCUT2D eigenvalue weighted by atomic mass is 9.88. The number of nitrogens with one attached hydrogen (secondary N) is 1. The monoisotopic (exact) mass is 298 g/mol. The zero-order chi connectivity index (χ0) is 14.9. The maximum absolute atomic E-state index is 13.1. The van der Waals surface area contributed by atoms with Crippen LogP contribution in [0.25, 0.3) is 0 Å². The van der Waals surface area contributed by atoms with E-state index in [1.165, 1.54) is 17.0 Å². The molecule has 1 fully saturated rings. The number of benzene rings is 1. The molecule has 1 saturated heterocycles. The van der Waals surface area contributed by atoms with E-state index in [0.29, 0.717) is 18.5 Å². The Hall–Kier alpha value is -1.62. The van der Waals surface area contributed by atoms with E-state index in [-0.39, 0.29) is 23.4 Å². The van der Waals surface area contributed by atoms with Crippen molar-refractivity contribution >= 4 is 29.1 Å². The van der Waals surface area contributed by atoms with E-state index in [4.69, 9.17) is 11.6 Å². The van der Waals surface area contributed by atoms with Crippen LogP contribution in [0, 0.1) is 5.82 Å². The van der Waals surface area contributed by atoms with Gasteiger partial charge < -0.3 is 5.32 Å². The molecule has 2 rings (SSSR count). The Morgan fingerprint density at radius 3 is 2.55 bits per heavy atom. The normalized spacial score (nSPS) is 18.1. The minimum Gasteiger partial charge on any atom is -0.340 e. The molecule has 1 heterocycles. The summed E-state index contributed by atoms with van der Waals surface area (Å²) in [4.78, 5) is 25.9. The molecular formula is C14H16ClFN2O2. The van der Waals surface area contributed by atoms with Gasteiger partial charge in [0.1, 0.15) is 17.9 Å². The van der Waals surface area contributed by atoms with Gasteiger partial charge in [0.25, 0.3) is 5.91 Å². The highest BCUT2D eigenvalue weighted by Gasteiger charge is 2.44. The first-order chi connectivity index (χ1) is 9.43. The second kappa shape index (κ2) is 5.40. The van der Waals surface area contributed by atoms with Gasteiger partial charge in [-0.3, -0.25) is 14.5 Å². The maximum Gasteiger partial charge on any atom is 0.253 e. The summed E-state index contributed by atoms with van der Waals surface area (Å²) in [5, 5.41) is 2.88. The summed E-state index contributed by atoms with van der Waals surface area (Å²) >= 11 is 5.99. The van der Waals surface area contributed by atoms with Crippen LogP contribution in [0.15, 0.2) is 18.2 Å². The van der Waals surface area contributed by atoms with Gasteiger partial charge in [-0.05, 0) is 31.0 Å². The number of nitrogens with zero attached hydrogens (tertiary/aromatic N) is 1. The van der Waals surface area contributed by atoms with Crippen LogP contribution in [0.1, 0.15) is 26.7 Å². The van der Waals surface area contributed by atoms with Gasteiger partial charge in [0, 0.05) is 0 Å². The third-order valence-corrected chi connectivity index (χ3v) is 4.05. The quantitative estimate of drug-likeness (QED) is 0.932. The van der Waals surface area contributed by atoms with Gasteiger partial charge in [-0.1, -0.05) is 25.4 Å². The third kappa shape index (κ3) is 2.38. The SMILES string of the molecule is CCC1(CC)NC(=O)CN(c2ccc(F)cc2Cl)C1=O. The lowest BCUT2D eigenvalue weighted by Crippen LogP contribution is -2.66. The van der Waals surface area contributed by atoms with Crippen LogP contribution in [-0.4, -0.2) is 23.9 Å². The van der Waals surface area contributed by atoms with Crippen LogP contribution in [-0.2, 0) is 9.59 Å². The number of hydrogen-bond donors (Lipinski definition) is 1. The summed E-state index contributed by atoms with van der Waals surface area (Å²) in [6, 6.07) is 3.78. The molecule has 2 amide bonds. The van der Waals surface area contributed by atoms with E-state index in [2.05, 4.69) is 5.32 Å². The maximum atomic E-state index is 13.1. The molecule has 108 valence electrons. The predicted molar refractivity (Wildman–Crippen MR) is 75.2 cm³/mol. The van der Waals surface area contributed by atoms with E-state index in [0.717, 1.165) is 6.07 Å². The van der Waals surface area contributed by atoms with Gasteiger partial charge >= 0.3 is 0 Å². The fraction of sp³-hybridized carbons (Fsp3) is 0.429. The number of anilines is 1. The van der Waals surface area contributed by atoms with Crippen LogP contribution in [0.2, 0.25) is 5.02 Å². The Balaban J connectivity index is 2.45. The average Bonchev–Trinajstić information content (AvgIpc) is 2.41. The van der Waals surface area contributed by atoms with Gasteiger partial charge in [0.2, 0.25) is 5.91 Å². The summed E-state index contributed by atoms with van der Waals surface area (Å²) in [5.41, 5.74) is -0.549. The Bertz CT molecular complexity index is 558. The number of halogens is 2. The van der Waals surface area contributed by atoms with Crippen molar-refractivity contribution in [3.8, 4) is 0 Å². The van der Waals surface area contributed by atoms with Crippen LogP contribution >= 0.6 is 11.6 Å². The summed E-state index contributed by atoms with van der Waals surface area (Å²) in [5.74, 6) is -0.936. The van der Waals surface area contributed by atoms with Crippen molar-refractivity contribution in [3.05, 3.63) is 29.0 Å². The molecule has 1 aliphatic rings. The van der Waals surface area contributed by atoms with Gasteiger partial charge in [-0.2, -0.15) is 0 Å². The molecule has 6 heteroatoms. The van der Waals surface area contributed by atoms with Crippen molar-refractivity contribution in [2.75, 3.05) is 11.4 Å². The standard InChI is InChI=1S/C14H16ClFN2O2/c1-3-14(4-2)13(20)18(8-12(19)17-14)11-6-5-9(16)7-10(11)15/h5-7H,3-4,8H2,1-2H3,(H,17,19). The molecule has 0 spiro atoms. The van der Waals surface area contributed by atoms with Gasteiger partial charge in [-0.15, -0.1) is 0 Å². The largest absolute Gasteiger partial charge is 0.340 e. The van der Waals surface area contributed by atoms with Crippen molar-refractivity contribution < 1.29 is 14.0 Å². The average molecular weight is 299 g/mol. The topological polar surface area (TPSA) is 49.4 Å². The number of carbonyl (C=O) groups excluding carboxylic acids is 2. The highest BCUT2D eigenvalue weighted by atomic mass is 35.5. The highest BCUT2D eigenvalue weighted by Crippen LogP contribution is 2.31. The van der Waals surface area contributed by atoms with E-state index in [1.54, 1.807) is 0 Å². The lowest BCUT2D eigenvalue weighted by molar-refractivity contribution is -0.136. The second-order valence-corrected chi connectivity index (χ2v) is 5.23. The van der Waals surface area contributed by atoms with Gasteiger partial charge in [-0.25, -0.2) is 4.39 Å². The minimum absolute atomic E-state index is 0.105. The number of hydrogen-bond acceptors (Lipinski definition) is 2. The summed E-state index contributed by atoms with van der Waals surface area (Å²) < 4.78 is 13.1. The van der Waals surface area contributed by atoms with E-state index < -0.39 is 11.4 Å². The van der Waals surface area contributed by atoms with E-state index in [1.807, 2.05) is 13.8 Å². The molecule has 0 saturated carbocycles. The van der Waals surface area contributed by atoms with Crippen molar-refractivity contribution in [3.63, 3.8) is 0 Å². The first-order valence-electron chi connectivity index (χ1n) is 6.51. The fourth-order valence-corrected chi connectivity index (χ4v) is 2.73. The van der Waals surface area contributed by atoms with Gasteiger partial charge in [0.05, 0.1) is 10.7 Å². The third-order valence-electron chi connectivity index (χ3n) is 3.74. The molecule has 0 unspecified atom stereocenters. The Kier molecular flexibility index (Phi) is 3.99. The zero-order valence-electron chi connectivity index (χ0n) is 11.4. The van der Waals surface area contributed by atoms with Crippen LogP contribution in [0.3, 0.4) is 0 Å². The first kappa shape index (κ1) is 14.8. The molecule has 0 radical (unpaired) electrons.